The van der Waals surface area contributed by atoms with Gasteiger partial charge in [-0.3, -0.25) is 9.97 Å². The minimum Gasteiger partial charge on any atom is -0.324 e. The predicted octanol–water partition coefficient (Wildman–Crippen LogP) is 2.93. The monoisotopic (exact) mass is 221 g/mol. The number of pyridine rings is 2. The van der Waals surface area contributed by atoms with Gasteiger partial charge in [0, 0.05) is 30.5 Å². The van der Waals surface area contributed by atoms with Crippen LogP contribution in [0, 0.1) is 0 Å². The van der Waals surface area contributed by atoms with E-state index >= 15 is 0 Å². The summed E-state index contributed by atoms with van der Waals surface area (Å²) in [5.74, 6) is 0. The van der Waals surface area contributed by atoms with Crippen LogP contribution in [0.5, 0.6) is 0 Å². The average molecular weight is 221 g/mol. The van der Waals surface area contributed by atoms with E-state index in [2.05, 4.69) is 9.97 Å². The molecule has 3 rings (SSSR count). The Bertz CT molecular complexity index is 600. The van der Waals surface area contributed by atoms with E-state index in [-0.39, 0.29) is 0 Å². The van der Waals surface area contributed by atoms with Gasteiger partial charge in [-0.15, -0.1) is 0 Å². The molecule has 82 valence electrons. The van der Waals surface area contributed by atoms with E-state index in [1.807, 2.05) is 59.4 Å². The average Bonchev–Trinajstić information content (AvgIpc) is 2.94. The van der Waals surface area contributed by atoms with Crippen LogP contribution in [0.15, 0.2) is 67.3 Å². The fourth-order valence-electron chi connectivity index (χ4n) is 1.74. The fourth-order valence-corrected chi connectivity index (χ4v) is 1.74. The maximum absolute atomic E-state index is 4.34. The zero-order valence-corrected chi connectivity index (χ0v) is 9.19. The van der Waals surface area contributed by atoms with Gasteiger partial charge in [-0.2, -0.15) is 0 Å². The second-order valence-electron chi connectivity index (χ2n) is 3.70. The molecular formula is C14H11N3. The van der Waals surface area contributed by atoms with Gasteiger partial charge >= 0.3 is 0 Å². The summed E-state index contributed by atoms with van der Waals surface area (Å²) in [7, 11) is 0. The van der Waals surface area contributed by atoms with Crippen molar-refractivity contribution < 1.29 is 0 Å². The number of rotatable bonds is 2. The van der Waals surface area contributed by atoms with Crippen LogP contribution in [0.4, 0.5) is 0 Å². The highest BCUT2D eigenvalue weighted by Gasteiger charge is 2.01. The molecule has 0 radical (unpaired) electrons. The molecule has 0 aliphatic carbocycles. The van der Waals surface area contributed by atoms with Gasteiger partial charge in [-0.05, 0) is 36.4 Å². The topological polar surface area (TPSA) is 30.7 Å². The lowest BCUT2D eigenvalue weighted by atomic mass is 10.2. The van der Waals surface area contributed by atoms with E-state index in [1.54, 1.807) is 12.4 Å². The molecule has 0 saturated heterocycles. The number of hydrogen-bond acceptors (Lipinski definition) is 2. The Kier molecular flexibility index (Phi) is 2.43. The lowest BCUT2D eigenvalue weighted by Gasteiger charge is -2.05. The van der Waals surface area contributed by atoms with Crippen molar-refractivity contribution in [2.45, 2.75) is 0 Å². The van der Waals surface area contributed by atoms with Crippen molar-refractivity contribution in [3.8, 4) is 17.1 Å². The van der Waals surface area contributed by atoms with Gasteiger partial charge in [0.2, 0.25) is 0 Å². The smallest absolute Gasteiger partial charge is 0.0906 e. The predicted molar refractivity (Wildman–Crippen MR) is 66.8 cm³/mol. The zero-order chi connectivity index (χ0) is 11.5. The molecule has 0 aliphatic heterocycles. The molecule has 3 heteroatoms. The summed E-state index contributed by atoms with van der Waals surface area (Å²) in [4.78, 5) is 8.64. The second-order valence-corrected chi connectivity index (χ2v) is 3.70. The van der Waals surface area contributed by atoms with Gasteiger partial charge < -0.3 is 4.57 Å². The van der Waals surface area contributed by atoms with Crippen LogP contribution < -0.4 is 0 Å². The first-order valence-electron chi connectivity index (χ1n) is 5.44. The third-order valence-corrected chi connectivity index (χ3v) is 2.57. The first-order valence-corrected chi connectivity index (χ1v) is 5.44. The molecular weight excluding hydrogens is 210 g/mol. The van der Waals surface area contributed by atoms with Crippen molar-refractivity contribution in [3.63, 3.8) is 0 Å². The Morgan fingerprint density at radius 1 is 0.765 bits per heavy atom. The van der Waals surface area contributed by atoms with Crippen LogP contribution >= 0.6 is 0 Å². The zero-order valence-electron chi connectivity index (χ0n) is 9.19. The molecule has 0 bridgehead atoms. The van der Waals surface area contributed by atoms with Crippen molar-refractivity contribution >= 4 is 0 Å². The van der Waals surface area contributed by atoms with Crippen LogP contribution in [0.1, 0.15) is 0 Å². The van der Waals surface area contributed by atoms with Crippen molar-refractivity contribution in [2.24, 2.45) is 0 Å². The first kappa shape index (κ1) is 9.78. The summed E-state index contributed by atoms with van der Waals surface area (Å²) >= 11 is 0. The molecule has 0 atom stereocenters. The first-order chi connectivity index (χ1) is 8.43. The summed E-state index contributed by atoms with van der Waals surface area (Å²) in [6, 6.07) is 13.8. The maximum Gasteiger partial charge on any atom is 0.0906 e. The van der Waals surface area contributed by atoms with Crippen molar-refractivity contribution in [1.82, 2.24) is 14.5 Å². The molecule has 0 unspecified atom stereocenters. The SMILES string of the molecule is c1ccc(-c2cc(-n3cccc3)ccn2)nc1. The molecule has 3 nitrogen and oxygen atoms in total. The van der Waals surface area contributed by atoms with Crippen LogP contribution in [-0.2, 0) is 0 Å². The summed E-state index contributed by atoms with van der Waals surface area (Å²) in [5, 5.41) is 0. The molecule has 17 heavy (non-hydrogen) atoms. The Morgan fingerprint density at radius 3 is 2.35 bits per heavy atom. The quantitative estimate of drug-likeness (QED) is 0.666. The second kappa shape index (κ2) is 4.22. The summed E-state index contributed by atoms with van der Waals surface area (Å²) in [6.45, 7) is 0. The third kappa shape index (κ3) is 1.95. The normalized spacial score (nSPS) is 10.4. The molecule has 0 aromatic carbocycles. The number of nitrogens with zero attached hydrogens (tertiary/aromatic N) is 3. The van der Waals surface area contributed by atoms with Gasteiger partial charge in [0.05, 0.1) is 11.4 Å². The molecule has 0 aliphatic rings. The van der Waals surface area contributed by atoms with Crippen LogP contribution in [0.25, 0.3) is 17.1 Å². The molecule has 3 heterocycles. The highest BCUT2D eigenvalue weighted by molar-refractivity contribution is 5.57. The van der Waals surface area contributed by atoms with Gasteiger partial charge in [0.25, 0.3) is 0 Å². The Labute approximate surface area is 99.4 Å². The highest BCUT2D eigenvalue weighted by atomic mass is 14.9. The van der Waals surface area contributed by atoms with E-state index < -0.39 is 0 Å². The molecule has 3 aromatic heterocycles. The molecule has 3 aromatic rings. The van der Waals surface area contributed by atoms with Gasteiger partial charge in [-0.1, -0.05) is 6.07 Å². The van der Waals surface area contributed by atoms with E-state index in [0.717, 1.165) is 17.1 Å². The standard InChI is InChI=1S/C14H11N3/c1-2-7-15-13(5-1)14-11-12(6-8-16-14)17-9-3-4-10-17/h1-11H. The van der Waals surface area contributed by atoms with E-state index in [4.69, 9.17) is 0 Å². The lowest BCUT2D eigenvalue weighted by Crippen LogP contribution is -1.92. The lowest BCUT2D eigenvalue weighted by molar-refractivity contribution is 1.07. The van der Waals surface area contributed by atoms with Crippen LogP contribution in [0.2, 0.25) is 0 Å². The molecule has 0 fully saturated rings. The van der Waals surface area contributed by atoms with Gasteiger partial charge in [-0.25, -0.2) is 0 Å². The third-order valence-electron chi connectivity index (χ3n) is 2.57. The van der Waals surface area contributed by atoms with E-state index in [1.165, 1.54) is 0 Å². The largest absolute Gasteiger partial charge is 0.324 e. The van der Waals surface area contributed by atoms with Crippen molar-refractivity contribution in [3.05, 3.63) is 67.3 Å². The number of hydrogen-bond donors (Lipinski definition) is 0. The maximum atomic E-state index is 4.34. The summed E-state index contributed by atoms with van der Waals surface area (Å²) < 4.78 is 2.05. The highest BCUT2D eigenvalue weighted by Crippen LogP contribution is 2.17. The Balaban J connectivity index is 2.06. The van der Waals surface area contributed by atoms with E-state index in [0.29, 0.717) is 0 Å². The van der Waals surface area contributed by atoms with E-state index in [9.17, 15) is 0 Å². The summed E-state index contributed by atoms with van der Waals surface area (Å²) in [5.41, 5.74) is 2.86. The molecule has 0 amide bonds. The Morgan fingerprint density at radius 2 is 1.59 bits per heavy atom. The molecule has 0 N–H and O–H groups in total. The fraction of sp³-hybridized carbons (Fsp3) is 0. The molecule has 0 spiro atoms. The minimum atomic E-state index is 0.886. The number of aromatic nitrogens is 3. The van der Waals surface area contributed by atoms with Crippen molar-refractivity contribution in [2.75, 3.05) is 0 Å². The van der Waals surface area contributed by atoms with Gasteiger partial charge in [0.15, 0.2) is 0 Å². The Hall–Kier alpha value is -2.42. The van der Waals surface area contributed by atoms with Crippen molar-refractivity contribution in [1.29, 1.82) is 0 Å². The minimum absolute atomic E-state index is 0.886. The van der Waals surface area contributed by atoms with Crippen LogP contribution in [0.3, 0.4) is 0 Å². The van der Waals surface area contributed by atoms with Crippen LogP contribution in [-0.4, -0.2) is 14.5 Å². The van der Waals surface area contributed by atoms with Gasteiger partial charge in [0.1, 0.15) is 0 Å². The molecule has 0 saturated carbocycles. The summed E-state index contributed by atoms with van der Waals surface area (Å²) in [6.07, 6.45) is 7.60.